The van der Waals surface area contributed by atoms with E-state index in [0.29, 0.717) is 6.42 Å². The molecule has 0 bridgehead atoms. The molecule has 1 aromatic carbocycles. The number of unbranched alkanes of at least 4 members (excludes halogenated alkanes) is 2. The second-order valence-electron chi connectivity index (χ2n) is 3.35. The van der Waals surface area contributed by atoms with E-state index < -0.39 is 33.9 Å². The first-order valence-corrected chi connectivity index (χ1v) is 5.38. The van der Waals surface area contributed by atoms with Gasteiger partial charge in [-0.3, -0.25) is 0 Å². The molecule has 0 saturated carbocycles. The summed E-state index contributed by atoms with van der Waals surface area (Å²) in [4.78, 5) is 0. The minimum atomic E-state index is -1.62. The van der Waals surface area contributed by atoms with Crippen LogP contribution in [-0.2, 0) is 0 Å². The SMILES string of the molecule is CCCCC#Cc1c(F)c(F)c(Cl)c(F)c1F. The third-order valence-electron chi connectivity index (χ3n) is 2.08. The van der Waals surface area contributed by atoms with Crippen molar-refractivity contribution in [2.45, 2.75) is 26.2 Å². The van der Waals surface area contributed by atoms with Gasteiger partial charge in [0.15, 0.2) is 23.3 Å². The summed E-state index contributed by atoms with van der Waals surface area (Å²) in [6, 6.07) is 0. The van der Waals surface area contributed by atoms with Gasteiger partial charge >= 0.3 is 0 Å². The van der Waals surface area contributed by atoms with Crippen LogP contribution in [0.4, 0.5) is 17.6 Å². The Morgan fingerprint density at radius 1 is 1.00 bits per heavy atom. The first kappa shape index (κ1) is 13.9. The molecule has 0 aromatic heterocycles. The van der Waals surface area contributed by atoms with Gasteiger partial charge in [0.2, 0.25) is 0 Å². The predicted octanol–water partition coefficient (Wildman–Crippen LogP) is 4.44. The van der Waals surface area contributed by atoms with E-state index in [-0.39, 0.29) is 0 Å². The van der Waals surface area contributed by atoms with Crippen molar-refractivity contribution in [1.82, 2.24) is 0 Å². The van der Waals surface area contributed by atoms with Crippen molar-refractivity contribution >= 4 is 11.6 Å². The van der Waals surface area contributed by atoms with Crippen molar-refractivity contribution in [3.05, 3.63) is 33.9 Å². The maximum atomic E-state index is 13.2. The Labute approximate surface area is 102 Å². The predicted molar refractivity (Wildman–Crippen MR) is 57.7 cm³/mol. The van der Waals surface area contributed by atoms with Crippen LogP contribution < -0.4 is 0 Å². The van der Waals surface area contributed by atoms with E-state index in [4.69, 9.17) is 11.6 Å². The molecule has 0 unspecified atom stereocenters. The van der Waals surface area contributed by atoms with Crippen LogP contribution in [-0.4, -0.2) is 0 Å². The number of hydrogen-bond acceptors (Lipinski definition) is 0. The van der Waals surface area contributed by atoms with Gasteiger partial charge in [-0.1, -0.05) is 36.8 Å². The molecule has 1 aromatic rings. The molecule has 92 valence electrons. The topological polar surface area (TPSA) is 0 Å². The maximum Gasteiger partial charge on any atom is 0.181 e. The summed E-state index contributed by atoms with van der Waals surface area (Å²) in [5.74, 6) is -1.82. The van der Waals surface area contributed by atoms with Gasteiger partial charge in [0.1, 0.15) is 10.6 Å². The first-order valence-electron chi connectivity index (χ1n) is 5.01. The average Bonchev–Trinajstić information content (AvgIpc) is 2.33. The monoisotopic (exact) mass is 264 g/mol. The van der Waals surface area contributed by atoms with Crippen LogP contribution in [0.1, 0.15) is 31.7 Å². The van der Waals surface area contributed by atoms with E-state index in [9.17, 15) is 17.6 Å². The van der Waals surface area contributed by atoms with Crippen molar-refractivity contribution in [1.29, 1.82) is 0 Å². The molecule has 0 spiro atoms. The van der Waals surface area contributed by atoms with Crippen LogP contribution in [0.25, 0.3) is 0 Å². The molecule has 1 rings (SSSR count). The van der Waals surface area contributed by atoms with Crippen LogP contribution in [0, 0.1) is 35.1 Å². The first-order chi connectivity index (χ1) is 8.00. The Morgan fingerprint density at radius 3 is 2.00 bits per heavy atom. The normalized spacial score (nSPS) is 10.0. The lowest BCUT2D eigenvalue weighted by molar-refractivity contribution is 0.451. The van der Waals surface area contributed by atoms with E-state index >= 15 is 0 Å². The van der Waals surface area contributed by atoms with Gasteiger partial charge < -0.3 is 0 Å². The Balaban J connectivity index is 3.19. The molecule has 0 heterocycles. The Morgan fingerprint density at radius 2 is 1.53 bits per heavy atom. The van der Waals surface area contributed by atoms with E-state index in [0.717, 1.165) is 12.8 Å². The van der Waals surface area contributed by atoms with E-state index in [1.165, 1.54) is 0 Å². The third-order valence-corrected chi connectivity index (χ3v) is 2.41. The quantitative estimate of drug-likeness (QED) is 0.244. The van der Waals surface area contributed by atoms with Gasteiger partial charge in [-0.2, -0.15) is 0 Å². The summed E-state index contributed by atoms with van der Waals surface area (Å²) in [7, 11) is 0. The van der Waals surface area contributed by atoms with Crippen molar-refractivity contribution in [2.24, 2.45) is 0 Å². The molecule has 17 heavy (non-hydrogen) atoms. The Kier molecular flexibility index (Phi) is 4.83. The molecule has 0 fully saturated rings. The molecule has 0 aliphatic heterocycles. The fourth-order valence-electron chi connectivity index (χ4n) is 1.13. The fourth-order valence-corrected chi connectivity index (χ4v) is 1.30. The lowest BCUT2D eigenvalue weighted by Gasteiger charge is -2.03. The average molecular weight is 265 g/mol. The van der Waals surface area contributed by atoms with Gasteiger partial charge in [-0.05, 0) is 6.42 Å². The van der Waals surface area contributed by atoms with Crippen molar-refractivity contribution in [3.8, 4) is 11.8 Å². The standard InChI is InChI=1S/C12H9ClF4/c1-2-3-4-5-6-7-9(14)11(16)8(13)12(17)10(7)15/h2-4H2,1H3. The summed E-state index contributed by atoms with van der Waals surface area (Å²) in [5, 5.41) is -1.20. The number of benzene rings is 1. The van der Waals surface area contributed by atoms with Gasteiger partial charge in [-0.15, -0.1) is 0 Å². The molecule has 5 heteroatoms. The number of hydrogen-bond donors (Lipinski definition) is 0. The second kappa shape index (κ2) is 5.92. The lowest BCUT2D eigenvalue weighted by atomic mass is 10.1. The fraction of sp³-hybridized carbons (Fsp3) is 0.333. The number of rotatable bonds is 2. The zero-order chi connectivity index (χ0) is 13.0. The molecule has 0 radical (unpaired) electrons. The maximum absolute atomic E-state index is 13.2. The van der Waals surface area contributed by atoms with Crippen molar-refractivity contribution in [3.63, 3.8) is 0 Å². The number of halogens is 5. The zero-order valence-corrected chi connectivity index (χ0v) is 9.77. The Hall–Kier alpha value is -1.21. The molecule has 0 atom stereocenters. The smallest absolute Gasteiger partial charge is 0.181 e. The second-order valence-corrected chi connectivity index (χ2v) is 3.73. The summed E-state index contributed by atoms with van der Waals surface area (Å²) in [6.45, 7) is 1.92. The van der Waals surface area contributed by atoms with Crippen LogP contribution in [0.2, 0.25) is 5.02 Å². The summed E-state index contributed by atoms with van der Waals surface area (Å²) >= 11 is 5.07. The summed E-state index contributed by atoms with van der Waals surface area (Å²) < 4.78 is 52.5. The van der Waals surface area contributed by atoms with Crippen LogP contribution in [0.15, 0.2) is 0 Å². The highest BCUT2D eigenvalue weighted by Gasteiger charge is 2.23. The molecule has 0 nitrogen and oxygen atoms in total. The van der Waals surface area contributed by atoms with Crippen molar-refractivity contribution in [2.75, 3.05) is 0 Å². The third kappa shape index (κ3) is 2.92. The molecule has 0 saturated heterocycles. The largest absolute Gasteiger partial charge is 0.202 e. The van der Waals surface area contributed by atoms with Gasteiger partial charge in [-0.25, -0.2) is 17.6 Å². The minimum absolute atomic E-state index is 0.404. The molecule has 0 amide bonds. The van der Waals surface area contributed by atoms with Crippen LogP contribution >= 0.6 is 11.6 Å². The van der Waals surface area contributed by atoms with Gasteiger partial charge in [0.25, 0.3) is 0 Å². The summed E-state index contributed by atoms with van der Waals surface area (Å²) in [6.07, 6.45) is 2.01. The molecular formula is C12H9ClF4. The highest BCUT2D eigenvalue weighted by molar-refractivity contribution is 6.30. The van der Waals surface area contributed by atoms with Crippen molar-refractivity contribution < 1.29 is 17.6 Å². The summed E-state index contributed by atoms with van der Waals surface area (Å²) in [5.41, 5.74) is -0.916. The van der Waals surface area contributed by atoms with Gasteiger partial charge in [0.05, 0.1) is 0 Å². The molecule has 0 aliphatic rings. The van der Waals surface area contributed by atoms with Gasteiger partial charge in [0, 0.05) is 6.42 Å². The molecule has 0 aliphatic carbocycles. The zero-order valence-electron chi connectivity index (χ0n) is 9.01. The Bertz CT molecular complexity index is 456. The molecule has 0 N–H and O–H groups in total. The van der Waals surface area contributed by atoms with Crippen LogP contribution in [0.3, 0.4) is 0 Å². The lowest BCUT2D eigenvalue weighted by Crippen LogP contribution is -2.01. The van der Waals surface area contributed by atoms with E-state index in [1.54, 1.807) is 0 Å². The van der Waals surface area contributed by atoms with E-state index in [2.05, 4.69) is 11.8 Å². The molecular weight excluding hydrogens is 256 g/mol. The minimum Gasteiger partial charge on any atom is -0.202 e. The van der Waals surface area contributed by atoms with E-state index in [1.807, 2.05) is 6.92 Å². The highest BCUT2D eigenvalue weighted by atomic mass is 35.5. The highest BCUT2D eigenvalue weighted by Crippen LogP contribution is 2.27. The van der Waals surface area contributed by atoms with Crippen LogP contribution in [0.5, 0.6) is 0 Å².